The Labute approximate surface area is 92.1 Å². The Hall–Kier alpha value is -1.04. The quantitative estimate of drug-likeness (QED) is 0.512. The predicted octanol–water partition coefficient (Wildman–Crippen LogP) is 4.18. The van der Waals surface area contributed by atoms with Crippen LogP contribution in [0.1, 0.15) is 32.1 Å². The number of rotatable bonds is 0. The van der Waals surface area contributed by atoms with E-state index in [1.807, 2.05) is 0 Å². The molecular weight excluding hydrogens is 180 g/mol. The van der Waals surface area contributed by atoms with Gasteiger partial charge in [0.15, 0.2) is 0 Å². The Kier molecular flexibility index (Phi) is 2.16. The topological polar surface area (TPSA) is 0 Å². The van der Waals surface area contributed by atoms with Gasteiger partial charge in [0.25, 0.3) is 0 Å². The second-order valence-corrected chi connectivity index (χ2v) is 4.96. The molecule has 78 valence electrons. The van der Waals surface area contributed by atoms with Gasteiger partial charge in [-0.3, -0.25) is 0 Å². The molecule has 0 fully saturated rings. The van der Waals surface area contributed by atoms with E-state index < -0.39 is 0 Å². The third-order valence-corrected chi connectivity index (χ3v) is 4.19. The van der Waals surface area contributed by atoms with Gasteiger partial charge in [0.1, 0.15) is 0 Å². The number of hydrogen-bond donors (Lipinski definition) is 0. The maximum Gasteiger partial charge on any atom is 0.0197 e. The highest BCUT2D eigenvalue weighted by Crippen LogP contribution is 2.51. The molecule has 0 radical (unpaired) electrons. The summed E-state index contributed by atoms with van der Waals surface area (Å²) in [5.41, 5.74) is 1.90. The largest absolute Gasteiger partial charge is 0.0876 e. The summed E-state index contributed by atoms with van der Waals surface area (Å²) in [5, 5.41) is 0. The van der Waals surface area contributed by atoms with Crippen LogP contribution in [0.4, 0.5) is 0 Å². The SMILES string of the molecule is C1=CCC23C=CCCCC2CC=CC3=C1. The molecule has 3 rings (SSSR count). The molecule has 0 N–H and O–H groups in total. The molecular formula is C15H18. The van der Waals surface area contributed by atoms with Gasteiger partial charge in [-0.05, 0) is 43.6 Å². The molecule has 3 aliphatic carbocycles. The van der Waals surface area contributed by atoms with Crippen molar-refractivity contribution < 1.29 is 0 Å². The Balaban J connectivity index is 2.09. The minimum atomic E-state index is 0.361. The second kappa shape index (κ2) is 3.52. The van der Waals surface area contributed by atoms with Crippen LogP contribution in [0.15, 0.2) is 48.1 Å². The van der Waals surface area contributed by atoms with Gasteiger partial charge in [-0.2, -0.15) is 0 Å². The molecule has 0 saturated heterocycles. The van der Waals surface area contributed by atoms with Gasteiger partial charge in [-0.25, -0.2) is 0 Å². The molecule has 2 unspecified atom stereocenters. The van der Waals surface area contributed by atoms with Gasteiger partial charge < -0.3 is 0 Å². The predicted molar refractivity (Wildman–Crippen MR) is 64.5 cm³/mol. The first-order valence-electron chi connectivity index (χ1n) is 6.13. The van der Waals surface area contributed by atoms with Crippen molar-refractivity contribution in [3.63, 3.8) is 0 Å². The standard InChI is InChI=1S/C15H18/c1-2-7-13-9-6-10-14-8-3-5-12-15(13,14)11-4-1/h3-6,8,10-11,13H,1-2,7,9,12H2. The summed E-state index contributed by atoms with van der Waals surface area (Å²) in [7, 11) is 0. The summed E-state index contributed by atoms with van der Waals surface area (Å²) in [5.74, 6) is 0.845. The molecule has 0 bridgehead atoms. The highest BCUT2D eigenvalue weighted by molar-refractivity contribution is 5.42. The van der Waals surface area contributed by atoms with Crippen molar-refractivity contribution in [3.8, 4) is 0 Å². The summed E-state index contributed by atoms with van der Waals surface area (Å²) in [6.45, 7) is 0. The summed E-state index contributed by atoms with van der Waals surface area (Å²) < 4.78 is 0. The molecule has 0 amide bonds. The van der Waals surface area contributed by atoms with Gasteiger partial charge in [-0.15, -0.1) is 0 Å². The molecule has 0 aliphatic heterocycles. The lowest BCUT2D eigenvalue weighted by molar-refractivity contribution is 0.262. The highest BCUT2D eigenvalue weighted by atomic mass is 14.4. The molecule has 3 aliphatic rings. The van der Waals surface area contributed by atoms with Crippen LogP contribution in [0, 0.1) is 11.3 Å². The fourth-order valence-corrected chi connectivity index (χ4v) is 3.34. The zero-order valence-corrected chi connectivity index (χ0v) is 9.15. The Bertz CT molecular complexity index is 367. The number of allylic oxidation sites excluding steroid dienone is 8. The second-order valence-electron chi connectivity index (χ2n) is 4.96. The average Bonchev–Trinajstić information content (AvgIpc) is 2.49. The molecule has 0 heterocycles. The van der Waals surface area contributed by atoms with Gasteiger partial charge in [-0.1, -0.05) is 42.5 Å². The smallest absolute Gasteiger partial charge is 0.0197 e. The van der Waals surface area contributed by atoms with Crippen molar-refractivity contribution >= 4 is 0 Å². The lowest BCUT2D eigenvalue weighted by Crippen LogP contribution is -2.32. The monoisotopic (exact) mass is 198 g/mol. The van der Waals surface area contributed by atoms with E-state index in [2.05, 4.69) is 42.5 Å². The average molecular weight is 198 g/mol. The molecule has 15 heavy (non-hydrogen) atoms. The molecule has 1 spiro atoms. The van der Waals surface area contributed by atoms with Crippen LogP contribution in [0.25, 0.3) is 0 Å². The van der Waals surface area contributed by atoms with E-state index in [0.29, 0.717) is 5.41 Å². The Morgan fingerprint density at radius 1 is 1.20 bits per heavy atom. The van der Waals surface area contributed by atoms with Crippen molar-refractivity contribution in [2.24, 2.45) is 11.3 Å². The first kappa shape index (κ1) is 9.21. The fraction of sp³-hybridized carbons (Fsp3) is 0.467. The summed E-state index contributed by atoms with van der Waals surface area (Å²) in [6.07, 6.45) is 23.0. The molecule has 0 saturated carbocycles. The summed E-state index contributed by atoms with van der Waals surface area (Å²) in [4.78, 5) is 0. The van der Waals surface area contributed by atoms with E-state index in [0.717, 1.165) is 5.92 Å². The van der Waals surface area contributed by atoms with E-state index >= 15 is 0 Å². The molecule has 0 nitrogen and oxygen atoms in total. The van der Waals surface area contributed by atoms with E-state index in [4.69, 9.17) is 0 Å². The minimum absolute atomic E-state index is 0.361. The maximum absolute atomic E-state index is 2.50. The van der Waals surface area contributed by atoms with Crippen LogP contribution in [0.5, 0.6) is 0 Å². The third kappa shape index (κ3) is 1.35. The van der Waals surface area contributed by atoms with Crippen LogP contribution in [-0.2, 0) is 0 Å². The van der Waals surface area contributed by atoms with Crippen LogP contribution in [0.2, 0.25) is 0 Å². The van der Waals surface area contributed by atoms with E-state index in [9.17, 15) is 0 Å². The summed E-state index contributed by atoms with van der Waals surface area (Å²) >= 11 is 0. The Morgan fingerprint density at radius 2 is 2.20 bits per heavy atom. The molecule has 0 heteroatoms. The van der Waals surface area contributed by atoms with Crippen LogP contribution in [0.3, 0.4) is 0 Å². The Morgan fingerprint density at radius 3 is 3.20 bits per heavy atom. The van der Waals surface area contributed by atoms with Crippen molar-refractivity contribution in [2.75, 3.05) is 0 Å². The first-order chi connectivity index (χ1) is 7.42. The van der Waals surface area contributed by atoms with Crippen molar-refractivity contribution in [2.45, 2.75) is 32.1 Å². The summed E-state index contributed by atoms with van der Waals surface area (Å²) in [6, 6.07) is 0. The van der Waals surface area contributed by atoms with Gasteiger partial charge in [0.2, 0.25) is 0 Å². The van der Waals surface area contributed by atoms with Crippen LogP contribution < -0.4 is 0 Å². The van der Waals surface area contributed by atoms with Gasteiger partial charge in [0, 0.05) is 5.41 Å². The zero-order chi connectivity index (χ0) is 10.1. The van der Waals surface area contributed by atoms with Crippen LogP contribution >= 0.6 is 0 Å². The minimum Gasteiger partial charge on any atom is -0.0876 e. The van der Waals surface area contributed by atoms with E-state index in [-0.39, 0.29) is 0 Å². The molecule has 2 atom stereocenters. The normalized spacial score (nSPS) is 37.9. The van der Waals surface area contributed by atoms with Crippen molar-refractivity contribution in [1.29, 1.82) is 0 Å². The lowest BCUT2D eigenvalue weighted by Gasteiger charge is -2.42. The zero-order valence-electron chi connectivity index (χ0n) is 9.15. The van der Waals surface area contributed by atoms with Gasteiger partial charge >= 0.3 is 0 Å². The van der Waals surface area contributed by atoms with E-state index in [1.54, 1.807) is 5.57 Å². The molecule has 0 aromatic carbocycles. The lowest BCUT2D eigenvalue weighted by atomic mass is 9.62. The van der Waals surface area contributed by atoms with Crippen molar-refractivity contribution in [1.82, 2.24) is 0 Å². The van der Waals surface area contributed by atoms with Crippen LogP contribution in [-0.4, -0.2) is 0 Å². The van der Waals surface area contributed by atoms with Crippen molar-refractivity contribution in [3.05, 3.63) is 48.1 Å². The molecule has 0 aromatic rings. The maximum atomic E-state index is 2.50. The third-order valence-electron chi connectivity index (χ3n) is 4.19. The van der Waals surface area contributed by atoms with E-state index in [1.165, 1.54) is 32.1 Å². The first-order valence-corrected chi connectivity index (χ1v) is 6.13. The highest BCUT2D eigenvalue weighted by Gasteiger charge is 2.40. The molecule has 0 aromatic heterocycles. The van der Waals surface area contributed by atoms with Gasteiger partial charge in [0.05, 0.1) is 0 Å². The fourth-order valence-electron chi connectivity index (χ4n) is 3.34. The number of hydrogen-bond acceptors (Lipinski definition) is 0.